The van der Waals surface area contributed by atoms with E-state index < -0.39 is 23.6 Å². The molecule has 1 atom stereocenters. The summed E-state index contributed by atoms with van der Waals surface area (Å²) in [6.07, 6.45) is 0. The van der Waals surface area contributed by atoms with Crippen LogP contribution in [0.5, 0.6) is 5.75 Å². The maximum atomic E-state index is 12.9. The summed E-state index contributed by atoms with van der Waals surface area (Å²) in [5, 5.41) is 10.9. The molecule has 3 rings (SSSR count). The van der Waals surface area contributed by atoms with Crippen LogP contribution in [-0.2, 0) is 19.1 Å². The number of aliphatic hydroxyl groups excluding tert-OH is 1. The molecule has 31 heavy (non-hydrogen) atoms. The van der Waals surface area contributed by atoms with E-state index in [1.165, 1.54) is 12.0 Å². The van der Waals surface area contributed by atoms with Crippen LogP contribution in [0.2, 0.25) is 0 Å². The zero-order chi connectivity index (χ0) is 22.5. The van der Waals surface area contributed by atoms with E-state index in [0.29, 0.717) is 16.9 Å². The van der Waals surface area contributed by atoms with Crippen molar-refractivity contribution < 1.29 is 29.0 Å². The van der Waals surface area contributed by atoms with Crippen molar-refractivity contribution in [3.63, 3.8) is 0 Å². The molecule has 3 N–H and O–H groups in total. The molecule has 2 amide bonds. The molecule has 1 aliphatic rings. The van der Waals surface area contributed by atoms with E-state index in [2.05, 4.69) is 15.9 Å². The molecule has 1 unspecified atom stereocenters. The third-order valence-electron chi connectivity index (χ3n) is 4.77. The number of aliphatic hydroxyl groups is 1. The van der Waals surface area contributed by atoms with Gasteiger partial charge in [0.15, 0.2) is 6.61 Å². The average molecular weight is 489 g/mol. The van der Waals surface area contributed by atoms with E-state index >= 15 is 0 Å². The first-order valence-electron chi connectivity index (χ1n) is 9.38. The Morgan fingerprint density at radius 1 is 1.13 bits per heavy atom. The van der Waals surface area contributed by atoms with Gasteiger partial charge in [-0.25, -0.2) is 0 Å². The first-order chi connectivity index (χ1) is 14.8. The molecule has 1 heterocycles. The van der Waals surface area contributed by atoms with Gasteiger partial charge in [-0.2, -0.15) is 0 Å². The zero-order valence-electron chi connectivity index (χ0n) is 16.7. The number of nitrogens with zero attached hydrogens (tertiary/aromatic N) is 1. The number of halogens is 1. The van der Waals surface area contributed by atoms with Crippen LogP contribution in [0.3, 0.4) is 0 Å². The summed E-state index contributed by atoms with van der Waals surface area (Å²) >= 11 is 3.33. The van der Waals surface area contributed by atoms with Crippen LogP contribution in [0.1, 0.15) is 17.2 Å². The summed E-state index contributed by atoms with van der Waals surface area (Å²) in [5.41, 5.74) is 6.10. The van der Waals surface area contributed by atoms with Crippen molar-refractivity contribution in [2.75, 3.05) is 26.9 Å². The van der Waals surface area contributed by atoms with Crippen LogP contribution in [0.25, 0.3) is 5.76 Å². The smallest absolute Gasteiger partial charge is 0.295 e. The monoisotopic (exact) mass is 488 g/mol. The summed E-state index contributed by atoms with van der Waals surface area (Å²) in [6, 6.07) is 12.5. The number of Topliss-reactive ketones (excluding diaryl/α,β-unsaturated/α-hetero) is 1. The normalized spacial score (nSPS) is 17.7. The Hall–Kier alpha value is -3.17. The fourth-order valence-electron chi connectivity index (χ4n) is 3.31. The number of carbonyl (C=O) groups is 3. The highest BCUT2D eigenvalue weighted by Gasteiger charge is 2.45. The number of carbonyl (C=O) groups excluding carboxylic acids is 3. The van der Waals surface area contributed by atoms with Crippen molar-refractivity contribution in [2.24, 2.45) is 5.73 Å². The van der Waals surface area contributed by atoms with Crippen LogP contribution in [0.15, 0.2) is 58.6 Å². The number of rotatable bonds is 8. The molecule has 0 bridgehead atoms. The number of benzene rings is 2. The van der Waals surface area contributed by atoms with E-state index in [9.17, 15) is 19.5 Å². The highest BCUT2D eigenvalue weighted by atomic mass is 79.9. The number of nitrogens with two attached hydrogens (primary N) is 1. The van der Waals surface area contributed by atoms with Gasteiger partial charge in [0, 0.05) is 23.7 Å². The number of primary amides is 1. The van der Waals surface area contributed by atoms with Crippen LogP contribution in [-0.4, -0.2) is 54.5 Å². The lowest BCUT2D eigenvalue weighted by Crippen LogP contribution is -2.32. The number of methoxy groups -OCH3 is 1. The van der Waals surface area contributed by atoms with Gasteiger partial charge in [0.05, 0.1) is 18.2 Å². The summed E-state index contributed by atoms with van der Waals surface area (Å²) in [5.74, 6) is -1.94. The number of likely N-dealkylation sites (tertiary alicyclic amines) is 1. The molecule has 0 saturated carbocycles. The van der Waals surface area contributed by atoms with E-state index in [4.69, 9.17) is 15.2 Å². The molecule has 1 aliphatic heterocycles. The van der Waals surface area contributed by atoms with Gasteiger partial charge in [-0.05, 0) is 29.8 Å². The second-order valence-corrected chi connectivity index (χ2v) is 7.73. The Labute approximate surface area is 187 Å². The summed E-state index contributed by atoms with van der Waals surface area (Å²) < 4.78 is 11.2. The van der Waals surface area contributed by atoms with Crippen molar-refractivity contribution in [2.45, 2.75) is 6.04 Å². The molecule has 9 heteroatoms. The Balaban J connectivity index is 2.04. The molecule has 0 spiro atoms. The minimum Gasteiger partial charge on any atom is -0.507 e. The standard InChI is InChI=1S/C22H21BrN2O6/c1-30-11-10-25-19(13-4-8-16(9-5-13)31-12-17(24)26)18(21(28)22(25)29)20(27)14-2-6-15(23)7-3-14/h2-9,19,27H,10-12H2,1H3,(H2,24,26). The van der Waals surface area contributed by atoms with Crippen molar-refractivity contribution >= 4 is 39.3 Å². The summed E-state index contributed by atoms with van der Waals surface area (Å²) in [6.45, 7) is 0.125. The largest absolute Gasteiger partial charge is 0.507 e. The molecule has 0 aliphatic carbocycles. The Morgan fingerprint density at radius 2 is 1.77 bits per heavy atom. The van der Waals surface area contributed by atoms with Crippen molar-refractivity contribution in [1.82, 2.24) is 4.90 Å². The molecule has 2 aromatic rings. The number of hydrogen-bond donors (Lipinski definition) is 2. The van der Waals surface area contributed by atoms with Crippen molar-refractivity contribution in [1.29, 1.82) is 0 Å². The molecule has 1 saturated heterocycles. The van der Waals surface area contributed by atoms with Gasteiger partial charge in [-0.3, -0.25) is 14.4 Å². The van der Waals surface area contributed by atoms with Crippen molar-refractivity contribution in [3.05, 3.63) is 69.7 Å². The van der Waals surface area contributed by atoms with Crippen LogP contribution in [0.4, 0.5) is 0 Å². The van der Waals surface area contributed by atoms with Crippen LogP contribution in [0, 0.1) is 0 Å². The second-order valence-electron chi connectivity index (χ2n) is 6.82. The Morgan fingerprint density at radius 3 is 2.35 bits per heavy atom. The number of ketones is 1. The lowest BCUT2D eigenvalue weighted by atomic mass is 9.95. The van der Waals surface area contributed by atoms with Gasteiger partial charge < -0.3 is 25.2 Å². The maximum Gasteiger partial charge on any atom is 0.295 e. The van der Waals surface area contributed by atoms with E-state index in [1.54, 1.807) is 48.5 Å². The molecule has 1 fully saturated rings. The quantitative estimate of drug-likeness (QED) is 0.334. The van der Waals surface area contributed by atoms with Crippen molar-refractivity contribution in [3.8, 4) is 5.75 Å². The first kappa shape index (κ1) is 22.5. The fourth-order valence-corrected chi connectivity index (χ4v) is 3.58. The summed E-state index contributed by atoms with van der Waals surface area (Å²) in [7, 11) is 1.50. The third-order valence-corrected chi connectivity index (χ3v) is 5.30. The second kappa shape index (κ2) is 9.76. The van der Waals surface area contributed by atoms with E-state index in [-0.39, 0.29) is 31.1 Å². The average Bonchev–Trinajstić information content (AvgIpc) is 3.01. The molecule has 0 radical (unpaired) electrons. The minimum absolute atomic E-state index is 0.00534. The predicted octanol–water partition coefficient (Wildman–Crippen LogP) is 2.38. The van der Waals surface area contributed by atoms with Gasteiger partial charge in [-0.1, -0.05) is 40.2 Å². The third kappa shape index (κ3) is 4.95. The highest BCUT2D eigenvalue weighted by Crippen LogP contribution is 2.39. The lowest BCUT2D eigenvalue weighted by molar-refractivity contribution is -0.140. The number of hydrogen-bond acceptors (Lipinski definition) is 6. The molecular weight excluding hydrogens is 468 g/mol. The lowest BCUT2D eigenvalue weighted by Gasteiger charge is -2.25. The Kier molecular flexibility index (Phi) is 7.09. The molecular formula is C22H21BrN2O6. The number of amides is 2. The van der Waals surface area contributed by atoms with Gasteiger partial charge in [0.1, 0.15) is 11.5 Å². The molecule has 162 valence electrons. The number of ether oxygens (including phenoxy) is 2. The van der Waals surface area contributed by atoms with E-state index in [0.717, 1.165) is 4.47 Å². The van der Waals surface area contributed by atoms with Crippen LogP contribution >= 0.6 is 15.9 Å². The topological polar surface area (TPSA) is 119 Å². The fraction of sp³-hybridized carbons (Fsp3) is 0.227. The summed E-state index contributed by atoms with van der Waals surface area (Å²) in [4.78, 5) is 37.9. The maximum absolute atomic E-state index is 12.9. The van der Waals surface area contributed by atoms with Gasteiger partial charge in [0.25, 0.3) is 17.6 Å². The SMILES string of the molecule is COCCN1C(=O)C(=O)C(=C(O)c2ccc(Br)cc2)C1c1ccc(OCC(N)=O)cc1. The zero-order valence-corrected chi connectivity index (χ0v) is 18.3. The van der Waals surface area contributed by atoms with Crippen LogP contribution < -0.4 is 10.5 Å². The predicted molar refractivity (Wildman–Crippen MR) is 116 cm³/mol. The van der Waals surface area contributed by atoms with E-state index in [1.807, 2.05) is 0 Å². The molecule has 2 aromatic carbocycles. The highest BCUT2D eigenvalue weighted by molar-refractivity contribution is 9.10. The minimum atomic E-state index is -0.802. The first-order valence-corrected chi connectivity index (χ1v) is 10.2. The van der Waals surface area contributed by atoms with Gasteiger partial charge in [0.2, 0.25) is 0 Å². The molecule has 8 nitrogen and oxygen atoms in total. The molecule has 0 aromatic heterocycles. The Bertz CT molecular complexity index is 1020. The van der Waals surface area contributed by atoms with Gasteiger partial charge >= 0.3 is 0 Å². The van der Waals surface area contributed by atoms with Gasteiger partial charge in [-0.15, -0.1) is 0 Å².